The third kappa shape index (κ3) is 7.03. The Balaban J connectivity index is 1.06. The average Bonchev–Trinajstić information content (AvgIpc) is 3.35. The van der Waals surface area contributed by atoms with Crippen molar-refractivity contribution >= 4 is 11.6 Å². The molecule has 1 N–H and O–H groups in total. The summed E-state index contributed by atoms with van der Waals surface area (Å²) in [5, 5.41) is 6.77. The van der Waals surface area contributed by atoms with Crippen molar-refractivity contribution in [2.75, 3.05) is 31.5 Å². The fraction of sp³-hybridized carbons (Fsp3) is 0.276. The molecule has 37 heavy (non-hydrogen) atoms. The smallest absolute Gasteiger partial charge is 0.255 e. The van der Waals surface area contributed by atoms with Gasteiger partial charge in [0.15, 0.2) is 6.61 Å². The molecule has 0 bridgehead atoms. The van der Waals surface area contributed by atoms with Crippen molar-refractivity contribution in [3.05, 3.63) is 107 Å². The van der Waals surface area contributed by atoms with E-state index in [-0.39, 0.29) is 12.5 Å². The van der Waals surface area contributed by atoms with E-state index in [2.05, 4.69) is 67.7 Å². The van der Waals surface area contributed by atoms with Crippen molar-refractivity contribution in [3.8, 4) is 5.75 Å². The first-order valence-electron chi connectivity index (χ1n) is 12.5. The maximum atomic E-state index is 12.7. The molecule has 1 aliphatic heterocycles. The van der Waals surface area contributed by atoms with Crippen molar-refractivity contribution in [2.45, 2.75) is 26.6 Å². The molecular formula is C29H31N5O3. The number of amides is 1. The number of anilines is 1. The van der Waals surface area contributed by atoms with E-state index in [1.807, 2.05) is 12.1 Å². The lowest BCUT2D eigenvalue weighted by molar-refractivity contribution is 0.102. The van der Waals surface area contributed by atoms with Crippen molar-refractivity contribution < 1.29 is 14.1 Å². The summed E-state index contributed by atoms with van der Waals surface area (Å²) in [6.45, 7) is 8.12. The fourth-order valence-corrected chi connectivity index (χ4v) is 4.35. The number of carbonyl (C=O) groups excluding carboxylic acids is 1. The summed E-state index contributed by atoms with van der Waals surface area (Å²) in [7, 11) is 0. The van der Waals surface area contributed by atoms with Crippen LogP contribution >= 0.6 is 0 Å². The van der Waals surface area contributed by atoms with Gasteiger partial charge in [-0.25, -0.2) is 0 Å². The Morgan fingerprint density at radius 2 is 1.49 bits per heavy atom. The molecule has 1 aliphatic rings. The molecule has 0 spiro atoms. The van der Waals surface area contributed by atoms with Crippen LogP contribution in [0.4, 0.5) is 5.69 Å². The molecule has 8 nitrogen and oxygen atoms in total. The van der Waals surface area contributed by atoms with E-state index in [1.54, 1.807) is 31.2 Å². The van der Waals surface area contributed by atoms with Crippen LogP contribution in [0.1, 0.15) is 33.2 Å². The predicted octanol–water partition coefficient (Wildman–Crippen LogP) is 4.53. The first kappa shape index (κ1) is 24.7. The SMILES string of the molecule is Cc1nc(COc2ccc(C(=O)Nc3ccc(CN4CCN(Cc5ccccc5)CC4)cc3)cc2)no1. The van der Waals surface area contributed by atoms with Crippen LogP contribution in [0.3, 0.4) is 0 Å². The summed E-state index contributed by atoms with van der Waals surface area (Å²) in [5.41, 5.74) is 3.94. The number of aromatic nitrogens is 2. The second kappa shape index (κ2) is 11.8. The van der Waals surface area contributed by atoms with Crippen LogP contribution in [0.25, 0.3) is 0 Å². The Morgan fingerprint density at radius 3 is 2.08 bits per heavy atom. The molecule has 0 radical (unpaired) electrons. The third-order valence-corrected chi connectivity index (χ3v) is 6.39. The Morgan fingerprint density at radius 1 is 0.865 bits per heavy atom. The van der Waals surface area contributed by atoms with Crippen LogP contribution in [-0.2, 0) is 19.7 Å². The van der Waals surface area contributed by atoms with E-state index in [0.29, 0.717) is 23.0 Å². The van der Waals surface area contributed by atoms with Crippen LogP contribution in [0, 0.1) is 6.92 Å². The second-order valence-electron chi connectivity index (χ2n) is 9.23. The number of ether oxygens (including phenoxy) is 1. The highest BCUT2D eigenvalue weighted by molar-refractivity contribution is 6.04. The largest absolute Gasteiger partial charge is 0.485 e. The summed E-state index contributed by atoms with van der Waals surface area (Å²) in [6, 6.07) is 25.7. The molecule has 0 atom stereocenters. The number of rotatable bonds is 9. The predicted molar refractivity (Wildman–Crippen MR) is 141 cm³/mol. The summed E-state index contributed by atoms with van der Waals surface area (Å²) < 4.78 is 10.6. The number of hydrogen-bond donors (Lipinski definition) is 1. The van der Waals surface area contributed by atoms with Gasteiger partial charge in [0.2, 0.25) is 11.7 Å². The minimum atomic E-state index is -0.164. The van der Waals surface area contributed by atoms with Gasteiger partial charge < -0.3 is 14.6 Å². The second-order valence-corrected chi connectivity index (χ2v) is 9.23. The summed E-state index contributed by atoms with van der Waals surface area (Å²) in [5.74, 6) is 1.44. The number of hydrogen-bond acceptors (Lipinski definition) is 7. The van der Waals surface area contributed by atoms with Crippen LogP contribution in [-0.4, -0.2) is 52.0 Å². The monoisotopic (exact) mass is 497 g/mol. The minimum absolute atomic E-state index is 0.164. The van der Waals surface area contributed by atoms with E-state index >= 15 is 0 Å². The third-order valence-electron chi connectivity index (χ3n) is 6.39. The van der Waals surface area contributed by atoms with Gasteiger partial charge in [0, 0.05) is 57.4 Å². The number of piperazine rings is 1. The molecule has 0 unspecified atom stereocenters. The average molecular weight is 498 g/mol. The molecule has 2 heterocycles. The molecular weight excluding hydrogens is 466 g/mol. The van der Waals surface area contributed by atoms with Gasteiger partial charge in [0.25, 0.3) is 5.91 Å². The molecule has 8 heteroatoms. The van der Waals surface area contributed by atoms with E-state index in [4.69, 9.17) is 9.26 Å². The van der Waals surface area contributed by atoms with Gasteiger partial charge >= 0.3 is 0 Å². The first-order chi connectivity index (χ1) is 18.1. The van der Waals surface area contributed by atoms with E-state index < -0.39 is 0 Å². The lowest BCUT2D eigenvalue weighted by Gasteiger charge is -2.34. The maximum Gasteiger partial charge on any atom is 0.255 e. The van der Waals surface area contributed by atoms with Gasteiger partial charge in [-0.2, -0.15) is 4.98 Å². The van der Waals surface area contributed by atoms with Crippen LogP contribution in [0.15, 0.2) is 83.4 Å². The molecule has 1 fully saturated rings. The fourth-order valence-electron chi connectivity index (χ4n) is 4.35. The lowest BCUT2D eigenvalue weighted by atomic mass is 10.1. The Labute approximate surface area is 216 Å². The molecule has 0 aliphatic carbocycles. The van der Waals surface area contributed by atoms with Gasteiger partial charge in [-0.05, 0) is 47.5 Å². The molecule has 190 valence electrons. The van der Waals surface area contributed by atoms with E-state index in [0.717, 1.165) is 45.0 Å². The Hall–Kier alpha value is -4.01. The first-order valence-corrected chi connectivity index (χ1v) is 12.5. The molecule has 1 aromatic heterocycles. The number of aryl methyl sites for hydroxylation is 1. The van der Waals surface area contributed by atoms with Crippen molar-refractivity contribution in [2.24, 2.45) is 0 Å². The number of benzene rings is 3. The molecule has 5 rings (SSSR count). The Kier molecular flexibility index (Phi) is 7.88. The molecule has 1 saturated heterocycles. The molecule has 3 aromatic carbocycles. The summed E-state index contributed by atoms with van der Waals surface area (Å²) in [6.07, 6.45) is 0. The van der Waals surface area contributed by atoms with Gasteiger partial charge in [-0.3, -0.25) is 14.6 Å². The van der Waals surface area contributed by atoms with Crippen molar-refractivity contribution in [1.82, 2.24) is 19.9 Å². The van der Waals surface area contributed by atoms with Gasteiger partial charge in [-0.1, -0.05) is 47.6 Å². The quantitative estimate of drug-likeness (QED) is 0.364. The molecule has 1 amide bonds. The Bertz CT molecular complexity index is 1280. The number of carbonyl (C=O) groups is 1. The zero-order valence-corrected chi connectivity index (χ0v) is 21.0. The van der Waals surface area contributed by atoms with Crippen LogP contribution in [0.2, 0.25) is 0 Å². The highest BCUT2D eigenvalue weighted by atomic mass is 16.5. The maximum absolute atomic E-state index is 12.7. The number of nitrogens with zero attached hydrogens (tertiary/aromatic N) is 4. The van der Waals surface area contributed by atoms with Crippen molar-refractivity contribution in [1.29, 1.82) is 0 Å². The topological polar surface area (TPSA) is 83.7 Å². The molecule has 4 aromatic rings. The lowest BCUT2D eigenvalue weighted by Crippen LogP contribution is -2.45. The summed E-state index contributed by atoms with van der Waals surface area (Å²) >= 11 is 0. The van der Waals surface area contributed by atoms with Gasteiger partial charge in [0.1, 0.15) is 5.75 Å². The number of nitrogens with one attached hydrogen (secondary N) is 1. The zero-order chi connectivity index (χ0) is 25.5. The van der Waals surface area contributed by atoms with E-state index in [9.17, 15) is 4.79 Å². The van der Waals surface area contributed by atoms with Crippen LogP contribution in [0.5, 0.6) is 5.75 Å². The highest BCUT2D eigenvalue weighted by Gasteiger charge is 2.17. The highest BCUT2D eigenvalue weighted by Crippen LogP contribution is 2.17. The summed E-state index contributed by atoms with van der Waals surface area (Å²) in [4.78, 5) is 21.8. The standard InChI is InChI=1S/C29H31N5O3/c1-22-30-28(32-37-22)21-36-27-13-9-25(10-14-27)29(35)31-26-11-7-24(8-12-26)20-34-17-15-33(16-18-34)19-23-5-3-2-4-6-23/h2-14H,15-21H2,1H3,(H,31,35). The van der Waals surface area contributed by atoms with Crippen LogP contribution < -0.4 is 10.1 Å². The van der Waals surface area contributed by atoms with E-state index in [1.165, 1.54) is 11.1 Å². The molecule has 0 saturated carbocycles. The van der Waals surface area contributed by atoms with Gasteiger partial charge in [-0.15, -0.1) is 0 Å². The van der Waals surface area contributed by atoms with Gasteiger partial charge in [0.05, 0.1) is 0 Å². The minimum Gasteiger partial charge on any atom is -0.485 e. The van der Waals surface area contributed by atoms with Crippen molar-refractivity contribution in [3.63, 3.8) is 0 Å². The zero-order valence-electron chi connectivity index (χ0n) is 21.0. The normalized spacial score (nSPS) is 14.4.